The summed E-state index contributed by atoms with van der Waals surface area (Å²) in [5.74, 6) is -1.16. The van der Waals surface area contributed by atoms with Crippen molar-refractivity contribution in [1.82, 2.24) is 5.32 Å². The summed E-state index contributed by atoms with van der Waals surface area (Å²) < 4.78 is 27.4. The first-order valence-corrected chi connectivity index (χ1v) is 6.83. The molecule has 5 heteroatoms. The molecule has 0 bridgehead atoms. The molecule has 2 aromatic rings. The Kier molecular flexibility index (Phi) is 4.97. The van der Waals surface area contributed by atoms with Gasteiger partial charge in [0.25, 0.3) is 0 Å². The lowest BCUT2D eigenvalue weighted by atomic mass is 9.98. The van der Waals surface area contributed by atoms with Gasteiger partial charge in [0.2, 0.25) is 0 Å². The number of likely N-dealkylation sites (N-methyl/N-ethyl adjacent to an activating group) is 1. The Hall–Kier alpha value is -1.16. The van der Waals surface area contributed by atoms with Crippen molar-refractivity contribution < 1.29 is 8.78 Å². The van der Waals surface area contributed by atoms with Crippen LogP contribution >= 0.6 is 23.2 Å². The molecule has 2 rings (SSSR count). The third kappa shape index (κ3) is 3.48. The highest BCUT2D eigenvalue weighted by atomic mass is 35.5. The Bertz CT molecular complexity index is 617. The highest BCUT2D eigenvalue weighted by Gasteiger charge is 2.17. The molecule has 106 valence electrons. The molecule has 0 saturated heterocycles. The van der Waals surface area contributed by atoms with E-state index in [1.807, 2.05) is 12.1 Å². The largest absolute Gasteiger partial charge is 0.313 e. The van der Waals surface area contributed by atoms with Gasteiger partial charge in [-0.25, -0.2) is 8.78 Å². The van der Waals surface area contributed by atoms with Crippen molar-refractivity contribution in [2.45, 2.75) is 12.5 Å². The van der Waals surface area contributed by atoms with Crippen molar-refractivity contribution in [3.05, 3.63) is 69.2 Å². The second-order valence-corrected chi connectivity index (χ2v) is 5.31. The van der Waals surface area contributed by atoms with E-state index in [2.05, 4.69) is 5.32 Å². The summed E-state index contributed by atoms with van der Waals surface area (Å²) in [6.07, 6.45) is 0.495. The molecule has 0 aromatic heterocycles. The van der Waals surface area contributed by atoms with Crippen LogP contribution in [0.3, 0.4) is 0 Å². The third-order valence-electron chi connectivity index (χ3n) is 3.09. The van der Waals surface area contributed by atoms with E-state index in [1.165, 1.54) is 0 Å². The lowest BCUT2D eigenvalue weighted by molar-refractivity contribution is 0.523. The van der Waals surface area contributed by atoms with Gasteiger partial charge in [0, 0.05) is 16.6 Å². The van der Waals surface area contributed by atoms with Crippen LogP contribution < -0.4 is 5.32 Å². The maximum atomic E-state index is 13.9. The smallest absolute Gasteiger partial charge is 0.142 e. The van der Waals surface area contributed by atoms with Crippen LogP contribution in [0, 0.1) is 11.6 Å². The van der Waals surface area contributed by atoms with Gasteiger partial charge < -0.3 is 5.32 Å². The number of benzene rings is 2. The molecule has 1 atom stereocenters. The zero-order chi connectivity index (χ0) is 14.7. The highest BCUT2D eigenvalue weighted by molar-refractivity contribution is 6.31. The fourth-order valence-electron chi connectivity index (χ4n) is 2.07. The van der Waals surface area contributed by atoms with Crippen LogP contribution in [0.25, 0.3) is 0 Å². The van der Waals surface area contributed by atoms with E-state index in [4.69, 9.17) is 23.2 Å². The van der Waals surface area contributed by atoms with Crippen LogP contribution in [0.5, 0.6) is 0 Å². The molecule has 1 unspecified atom stereocenters. The lowest BCUT2D eigenvalue weighted by Gasteiger charge is -2.18. The Morgan fingerprint density at radius 1 is 1.10 bits per heavy atom. The summed E-state index contributed by atoms with van der Waals surface area (Å²) >= 11 is 11.5. The molecule has 20 heavy (non-hydrogen) atoms. The topological polar surface area (TPSA) is 12.0 Å². The van der Waals surface area contributed by atoms with Gasteiger partial charge in [0.15, 0.2) is 0 Å². The molecule has 1 N–H and O–H groups in total. The molecule has 1 nitrogen and oxygen atoms in total. The number of hydrogen-bond donors (Lipinski definition) is 1. The summed E-state index contributed by atoms with van der Waals surface area (Å²) in [5.41, 5.74) is 1.18. The molecule has 0 fully saturated rings. The fraction of sp³-hybridized carbons (Fsp3) is 0.200. The molecule has 0 saturated carbocycles. The van der Waals surface area contributed by atoms with E-state index < -0.39 is 11.6 Å². The molecular formula is C15H13Cl2F2N. The van der Waals surface area contributed by atoms with Crippen molar-refractivity contribution in [2.24, 2.45) is 0 Å². The van der Waals surface area contributed by atoms with Crippen LogP contribution in [-0.2, 0) is 6.42 Å². The van der Waals surface area contributed by atoms with Crippen molar-refractivity contribution in [1.29, 1.82) is 0 Å². The van der Waals surface area contributed by atoms with Crippen molar-refractivity contribution in [2.75, 3.05) is 7.05 Å². The minimum Gasteiger partial charge on any atom is -0.313 e. The van der Waals surface area contributed by atoms with Gasteiger partial charge >= 0.3 is 0 Å². The molecule has 0 spiro atoms. The predicted octanol–water partition coefficient (Wildman–Crippen LogP) is 4.77. The van der Waals surface area contributed by atoms with E-state index in [-0.39, 0.29) is 16.6 Å². The van der Waals surface area contributed by atoms with Crippen molar-refractivity contribution in [3.8, 4) is 0 Å². The molecule has 0 radical (unpaired) electrons. The van der Waals surface area contributed by atoms with Crippen LogP contribution in [-0.4, -0.2) is 7.05 Å². The first-order chi connectivity index (χ1) is 9.51. The second kappa shape index (κ2) is 6.53. The zero-order valence-electron chi connectivity index (χ0n) is 10.8. The Morgan fingerprint density at radius 3 is 2.50 bits per heavy atom. The molecular weight excluding hydrogens is 303 g/mol. The summed E-state index contributed by atoms with van der Waals surface area (Å²) in [4.78, 5) is 0. The van der Waals surface area contributed by atoms with E-state index in [9.17, 15) is 8.78 Å². The highest BCUT2D eigenvalue weighted by Crippen LogP contribution is 2.26. The van der Waals surface area contributed by atoms with Gasteiger partial charge in [-0.05, 0) is 43.3 Å². The first kappa shape index (κ1) is 15.2. The van der Waals surface area contributed by atoms with Gasteiger partial charge in [0.05, 0.1) is 5.02 Å². The number of hydrogen-bond acceptors (Lipinski definition) is 1. The number of halogens is 4. The number of nitrogens with one attached hydrogen (secondary N) is 1. The molecule has 0 aliphatic carbocycles. The maximum absolute atomic E-state index is 13.9. The second-order valence-electron chi connectivity index (χ2n) is 4.46. The van der Waals surface area contributed by atoms with Gasteiger partial charge in [-0.3, -0.25) is 0 Å². The van der Waals surface area contributed by atoms with Crippen molar-refractivity contribution in [3.63, 3.8) is 0 Å². The van der Waals surface area contributed by atoms with Crippen LogP contribution in [0.1, 0.15) is 17.2 Å². The van der Waals surface area contributed by atoms with Gasteiger partial charge in [-0.15, -0.1) is 0 Å². The van der Waals surface area contributed by atoms with E-state index >= 15 is 0 Å². The number of rotatable bonds is 4. The van der Waals surface area contributed by atoms with Crippen LogP contribution in [0.15, 0.2) is 36.4 Å². The lowest BCUT2D eigenvalue weighted by Crippen LogP contribution is -2.20. The maximum Gasteiger partial charge on any atom is 0.142 e. The summed E-state index contributed by atoms with van der Waals surface area (Å²) in [5, 5.41) is 3.37. The first-order valence-electron chi connectivity index (χ1n) is 6.07. The average molecular weight is 316 g/mol. The standard InChI is InChI=1S/C15H13Cl2F2N/c1-20-15(6-9-3-2-4-10(16)5-9)11-7-14(19)12(17)8-13(11)18/h2-5,7-8,15,20H,6H2,1H3. The quantitative estimate of drug-likeness (QED) is 0.801. The monoisotopic (exact) mass is 315 g/mol. The van der Waals surface area contributed by atoms with Crippen LogP contribution in [0.2, 0.25) is 10.0 Å². The third-order valence-corrected chi connectivity index (χ3v) is 3.62. The van der Waals surface area contributed by atoms with Gasteiger partial charge in [0.1, 0.15) is 11.6 Å². The van der Waals surface area contributed by atoms with E-state index in [0.29, 0.717) is 11.4 Å². The van der Waals surface area contributed by atoms with Crippen LogP contribution in [0.4, 0.5) is 8.78 Å². The van der Waals surface area contributed by atoms with Gasteiger partial charge in [-0.1, -0.05) is 35.3 Å². The van der Waals surface area contributed by atoms with E-state index in [1.54, 1.807) is 19.2 Å². The molecule has 0 aliphatic heterocycles. The normalized spacial score (nSPS) is 12.4. The summed E-state index contributed by atoms with van der Waals surface area (Å²) in [6.45, 7) is 0. The average Bonchev–Trinajstić information content (AvgIpc) is 2.40. The molecule has 2 aromatic carbocycles. The molecule has 0 amide bonds. The minimum atomic E-state index is -0.630. The Balaban J connectivity index is 2.31. The fourth-order valence-corrected chi connectivity index (χ4v) is 2.44. The molecule has 0 aliphatic rings. The Labute approximate surface area is 126 Å². The van der Waals surface area contributed by atoms with Gasteiger partial charge in [-0.2, -0.15) is 0 Å². The molecule has 0 heterocycles. The SMILES string of the molecule is CNC(Cc1cccc(Cl)c1)c1cc(F)c(Cl)cc1F. The Morgan fingerprint density at radius 2 is 1.85 bits per heavy atom. The summed E-state index contributed by atoms with van der Waals surface area (Å²) in [6, 6.07) is 9.04. The minimum absolute atomic E-state index is 0.219. The predicted molar refractivity (Wildman–Crippen MR) is 78.3 cm³/mol. The van der Waals surface area contributed by atoms with Crippen molar-refractivity contribution >= 4 is 23.2 Å². The van der Waals surface area contributed by atoms with E-state index in [0.717, 1.165) is 17.7 Å². The summed E-state index contributed by atoms with van der Waals surface area (Å²) in [7, 11) is 1.70. The zero-order valence-corrected chi connectivity index (χ0v) is 12.3.